The van der Waals surface area contributed by atoms with E-state index in [-0.39, 0.29) is 0 Å². The maximum atomic E-state index is 5.91. The summed E-state index contributed by atoms with van der Waals surface area (Å²) in [5.41, 5.74) is 5.91. The lowest BCUT2D eigenvalue weighted by Gasteiger charge is -2.29. The van der Waals surface area contributed by atoms with E-state index in [9.17, 15) is 0 Å². The standard InChI is InChI=1S/C11H24N2/c1-3-11(12)5-4-10-6-8-13(2)9-7-10/h10-11H,3-9,12H2,1-2H3. The van der Waals surface area contributed by atoms with Gasteiger partial charge in [0.15, 0.2) is 0 Å². The SMILES string of the molecule is CCC(N)CCC1CCN(C)CC1. The zero-order valence-corrected chi connectivity index (χ0v) is 9.13. The second-order valence-electron chi connectivity index (χ2n) is 4.49. The lowest BCUT2D eigenvalue weighted by Crippen LogP contribution is -2.31. The molecule has 1 atom stereocenters. The Morgan fingerprint density at radius 1 is 1.38 bits per heavy atom. The Kier molecular flexibility index (Phi) is 4.74. The summed E-state index contributed by atoms with van der Waals surface area (Å²) in [5, 5.41) is 0. The summed E-state index contributed by atoms with van der Waals surface area (Å²) in [6, 6.07) is 0.444. The lowest BCUT2D eigenvalue weighted by molar-refractivity contribution is 0.208. The third-order valence-electron chi connectivity index (χ3n) is 3.31. The number of hydrogen-bond acceptors (Lipinski definition) is 2. The molecule has 0 saturated carbocycles. The molecule has 2 N–H and O–H groups in total. The van der Waals surface area contributed by atoms with Crippen molar-refractivity contribution in [1.82, 2.24) is 4.90 Å². The maximum Gasteiger partial charge on any atom is 0.00363 e. The molecule has 0 amide bonds. The minimum atomic E-state index is 0.444. The molecule has 0 radical (unpaired) electrons. The van der Waals surface area contributed by atoms with Gasteiger partial charge in [-0.05, 0) is 58.2 Å². The van der Waals surface area contributed by atoms with Gasteiger partial charge in [-0.1, -0.05) is 6.92 Å². The number of piperidine rings is 1. The molecule has 1 rings (SSSR count). The van der Waals surface area contributed by atoms with Crippen LogP contribution in [0, 0.1) is 5.92 Å². The molecule has 1 saturated heterocycles. The second kappa shape index (κ2) is 5.61. The van der Waals surface area contributed by atoms with Gasteiger partial charge in [0.25, 0.3) is 0 Å². The molecular weight excluding hydrogens is 160 g/mol. The first-order chi connectivity index (χ1) is 6.22. The Balaban J connectivity index is 2.08. The lowest BCUT2D eigenvalue weighted by atomic mass is 9.90. The topological polar surface area (TPSA) is 29.3 Å². The molecule has 0 aliphatic carbocycles. The Morgan fingerprint density at radius 3 is 2.54 bits per heavy atom. The highest BCUT2D eigenvalue weighted by Crippen LogP contribution is 2.21. The minimum Gasteiger partial charge on any atom is -0.328 e. The first-order valence-electron chi connectivity index (χ1n) is 5.66. The van der Waals surface area contributed by atoms with Gasteiger partial charge in [0.05, 0.1) is 0 Å². The van der Waals surface area contributed by atoms with Gasteiger partial charge in [0.1, 0.15) is 0 Å². The number of hydrogen-bond donors (Lipinski definition) is 1. The fraction of sp³-hybridized carbons (Fsp3) is 1.00. The third-order valence-corrected chi connectivity index (χ3v) is 3.31. The fourth-order valence-corrected chi connectivity index (χ4v) is 2.00. The summed E-state index contributed by atoms with van der Waals surface area (Å²) < 4.78 is 0. The molecule has 0 aromatic heterocycles. The van der Waals surface area contributed by atoms with E-state index in [0.717, 1.165) is 12.3 Å². The van der Waals surface area contributed by atoms with E-state index in [1.165, 1.54) is 38.8 Å². The van der Waals surface area contributed by atoms with Crippen molar-refractivity contribution in [1.29, 1.82) is 0 Å². The zero-order valence-electron chi connectivity index (χ0n) is 9.13. The highest BCUT2D eigenvalue weighted by Gasteiger charge is 2.16. The maximum absolute atomic E-state index is 5.91. The molecule has 0 aromatic carbocycles. The Labute approximate surface area is 82.5 Å². The number of nitrogens with two attached hydrogens (primary N) is 1. The predicted molar refractivity (Wildman–Crippen MR) is 57.7 cm³/mol. The highest BCUT2D eigenvalue weighted by molar-refractivity contribution is 4.71. The molecule has 78 valence electrons. The molecule has 0 aromatic rings. The smallest absolute Gasteiger partial charge is 0.00363 e. The van der Waals surface area contributed by atoms with Gasteiger partial charge < -0.3 is 10.6 Å². The van der Waals surface area contributed by atoms with Crippen LogP contribution in [0.3, 0.4) is 0 Å². The summed E-state index contributed by atoms with van der Waals surface area (Å²) in [6.45, 7) is 4.75. The molecule has 13 heavy (non-hydrogen) atoms. The molecule has 1 heterocycles. The third kappa shape index (κ3) is 4.10. The number of nitrogens with zero attached hydrogens (tertiary/aromatic N) is 1. The van der Waals surface area contributed by atoms with Crippen LogP contribution in [0.25, 0.3) is 0 Å². The molecule has 2 heteroatoms. The molecule has 0 spiro atoms. The van der Waals surface area contributed by atoms with Crippen LogP contribution in [0.15, 0.2) is 0 Å². The van der Waals surface area contributed by atoms with Gasteiger partial charge in [0.2, 0.25) is 0 Å². The van der Waals surface area contributed by atoms with Gasteiger partial charge in [-0.3, -0.25) is 0 Å². The van der Waals surface area contributed by atoms with Gasteiger partial charge in [-0.15, -0.1) is 0 Å². The molecule has 1 aliphatic rings. The summed E-state index contributed by atoms with van der Waals surface area (Å²) in [6.07, 6.45) is 6.47. The van der Waals surface area contributed by atoms with Crippen molar-refractivity contribution in [2.45, 2.75) is 45.1 Å². The van der Waals surface area contributed by atoms with Gasteiger partial charge in [-0.2, -0.15) is 0 Å². The van der Waals surface area contributed by atoms with E-state index in [1.807, 2.05) is 0 Å². The average Bonchev–Trinajstić information content (AvgIpc) is 2.16. The highest BCUT2D eigenvalue weighted by atomic mass is 15.1. The van der Waals surface area contributed by atoms with Crippen molar-refractivity contribution in [2.24, 2.45) is 11.7 Å². The van der Waals surface area contributed by atoms with Crippen LogP contribution in [0.1, 0.15) is 39.0 Å². The van der Waals surface area contributed by atoms with Crippen molar-refractivity contribution in [3.8, 4) is 0 Å². The monoisotopic (exact) mass is 184 g/mol. The van der Waals surface area contributed by atoms with Crippen molar-refractivity contribution in [3.05, 3.63) is 0 Å². The van der Waals surface area contributed by atoms with Crippen molar-refractivity contribution in [3.63, 3.8) is 0 Å². The number of rotatable bonds is 4. The Bertz CT molecular complexity index is 128. The van der Waals surface area contributed by atoms with E-state index < -0.39 is 0 Å². The zero-order chi connectivity index (χ0) is 9.68. The summed E-state index contributed by atoms with van der Waals surface area (Å²) in [7, 11) is 2.22. The molecule has 0 bridgehead atoms. The van der Waals surface area contributed by atoms with Crippen LogP contribution >= 0.6 is 0 Å². The molecular formula is C11H24N2. The number of likely N-dealkylation sites (tertiary alicyclic amines) is 1. The van der Waals surface area contributed by atoms with Crippen LogP contribution in [0.4, 0.5) is 0 Å². The molecule has 1 aliphatic heterocycles. The van der Waals surface area contributed by atoms with Gasteiger partial charge >= 0.3 is 0 Å². The van der Waals surface area contributed by atoms with Gasteiger partial charge in [-0.25, -0.2) is 0 Å². The van der Waals surface area contributed by atoms with E-state index in [0.29, 0.717) is 6.04 Å². The summed E-state index contributed by atoms with van der Waals surface area (Å²) >= 11 is 0. The fourth-order valence-electron chi connectivity index (χ4n) is 2.00. The normalized spacial score (nSPS) is 23.3. The average molecular weight is 184 g/mol. The second-order valence-corrected chi connectivity index (χ2v) is 4.49. The molecule has 1 unspecified atom stereocenters. The van der Waals surface area contributed by atoms with E-state index in [4.69, 9.17) is 5.73 Å². The quantitative estimate of drug-likeness (QED) is 0.722. The Morgan fingerprint density at radius 2 is 2.00 bits per heavy atom. The predicted octanol–water partition coefficient (Wildman–Crippen LogP) is 1.85. The molecule has 2 nitrogen and oxygen atoms in total. The summed E-state index contributed by atoms with van der Waals surface area (Å²) in [4.78, 5) is 2.43. The van der Waals surface area contributed by atoms with E-state index in [1.54, 1.807) is 0 Å². The van der Waals surface area contributed by atoms with Crippen molar-refractivity contribution < 1.29 is 0 Å². The van der Waals surface area contributed by atoms with Crippen LogP contribution in [0.5, 0.6) is 0 Å². The van der Waals surface area contributed by atoms with Crippen LogP contribution in [-0.4, -0.2) is 31.1 Å². The van der Waals surface area contributed by atoms with Crippen LogP contribution in [0.2, 0.25) is 0 Å². The van der Waals surface area contributed by atoms with E-state index >= 15 is 0 Å². The largest absolute Gasteiger partial charge is 0.328 e. The summed E-state index contributed by atoms with van der Waals surface area (Å²) in [5.74, 6) is 0.953. The Hall–Kier alpha value is -0.0800. The first kappa shape index (κ1) is 11.0. The van der Waals surface area contributed by atoms with Crippen LogP contribution in [-0.2, 0) is 0 Å². The molecule has 1 fully saturated rings. The van der Waals surface area contributed by atoms with Crippen molar-refractivity contribution in [2.75, 3.05) is 20.1 Å². The van der Waals surface area contributed by atoms with Gasteiger partial charge in [0, 0.05) is 6.04 Å². The van der Waals surface area contributed by atoms with Crippen LogP contribution < -0.4 is 5.73 Å². The van der Waals surface area contributed by atoms with E-state index in [2.05, 4.69) is 18.9 Å². The first-order valence-corrected chi connectivity index (χ1v) is 5.66. The minimum absolute atomic E-state index is 0.444. The van der Waals surface area contributed by atoms with Crippen molar-refractivity contribution >= 4 is 0 Å².